The Morgan fingerprint density at radius 2 is 2.24 bits per heavy atom. The van der Waals surface area contributed by atoms with E-state index in [1.54, 1.807) is 6.20 Å². The van der Waals surface area contributed by atoms with Gasteiger partial charge in [-0.2, -0.15) is 0 Å². The van der Waals surface area contributed by atoms with Gasteiger partial charge in [0.2, 0.25) is 0 Å². The van der Waals surface area contributed by atoms with E-state index in [0.717, 1.165) is 31.8 Å². The highest BCUT2D eigenvalue weighted by atomic mass is 16.2. The average Bonchev–Trinajstić information content (AvgIpc) is 2.82. The third kappa shape index (κ3) is 2.99. The minimum Gasteiger partial charge on any atom is -0.348 e. The van der Waals surface area contributed by atoms with Gasteiger partial charge in [-0.1, -0.05) is 0 Å². The number of carbonyl (C=O) groups is 1. The van der Waals surface area contributed by atoms with Gasteiger partial charge in [0.25, 0.3) is 0 Å². The zero-order valence-corrected chi connectivity index (χ0v) is 10.4. The molecule has 5 nitrogen and oxygen atoms in total. The van der Waals surface area contributed by atoms with Gasteiger partial charge in [0.1, 0.15) is 5.82 Å². The summed E-state index contributed by atoms with van der Waals surface area (Å²) in [7, 11) is 0. The number of aromatic nitrogens is 2. The first-order valence-corrected chi connectivity index (χ1v) is 6.21. The number of rotatable bonds is 2. The second-order valence-corrected chi connectivity index (χ2v) is 4.84. The van der Waals surface area contributed by atoms with Gasteiger partial charge in [-0.3, -0.25) is 0 Å². The van der Waals surface area contributed by atoms with Crippen LogP contribution in [0.3, 0.4) is 0 Å². The number of likely N-dealkylation sites (tertiary alicyclic amines) is 1. The highest BCUT2D eigenvalue weighted by Gasteiger charge is 2.25. The minimum absolute atomic E-state index is 0.0536. The van der Waals surface area contributed by atoms with Gasteiger partial charge in [-0.15, -0.1) is 0 Å². The van der Waals surface area contributed by atoms with Crippen LogP contribution in [0.1, 0.15) is 38.4 Å². The molecule has 1 aromatic rings. The molecule has 0 unspecified atom stereocenters. The molecule has 1 aliphatic rings. The summed E-state index contributed by atoms with van der Waals surface area (Å²) in [5.41, 5.74) is 0. The molecule has 0 bridgehead atoms. The molecule has 0 radical (unpaired) electrons. The predicted molar refractivity (Wildman–Crippen MR) is 65.8 cm³/mol. The molecule has 0 aliphatic carbocycles. The molecule has 2 N–H and O–H groups in total. The number of nitrogens with one attached hydrogen (secondary N) is 2. The number of aromatic amines is 1. The summed E-state index contributed by atoms with van der Waals surface area (Å²) in [6, 6.07) is 0.253. The Labute approximate surface area is 102 Å². The molecule has 0 aromatic carbocycles. The lowest BCUT2D eigenvalue weighted by Gasteiger charge is -2.31. The Morgan fingerprint density at radius 3 is 2.76 bits per heavy atom. The minimum atomic E-state index is 0.0536. The lowest BCUT2D eigenvalue weighted by molar-refractivity contribution is 0.178. The molecule has 1 fully saturated rings. The Balaban J connectivity index is 1.84. The van der Waals surface area contributed by atoms with E-state index in [0.29, 0.717) is 5.92 Å². The fraction of sp³-hybridized carbons (Fsp3) is 0.667. The number of amides is 2. The largest absolute Gasteiger partial charge is 0.348 e. The van der Waals surface area contributed by atoms with E-state index in [4.69, 9.17) is 0 Å². The summed E-state index contributed by atoms with van der Waals surface area (Å²) in [5.74, 6) is 1.52. The SMILES string of the molecule is CC(C)NC(=O)N1CCC(c2ncc[nH]2)CC1. The van der Waals surface area contributed by atoms with Gasteiger partial charge >= 0.3 is 6.03 Å². The molecule has 1 aromatic heterocycles. The Kier molecular flexibility index (Phi) is 3.66. The van der Waals surface area contributed by atoms with Crippen LogP contribution in [-0.4, -0.2) is 40.0 Å². The van der Waals surface area contributed by atoms with Crippen molar-refractivity contribution in [1.82, 2.24) is 20.2 Å². The van der Waals surface area contributed by atoms with Crippen LogP contribution >= 0.6 is 0 Å². The maximum absolute atomic E-state index is 11.8. The van der Waals surface area contributed by atoms with Crippen molar-refractivity contribution in [2.75, 3.05) is 13.1 Å². The molecule has 1 aliphatic heterocycles. The number of imidazole rings is 1. The number of H-pyrrole nitrogens is 1. The topological polar surface area (TPSA) is 61.0 Å². The molecule has 5 heteroatoms. The van der Waals surface area contributed by atoms with Crippen molar-refractivity contribution < 1.29 is 4.79 Å². The van der Waals surface area contributed by atoms with Crippen molar-refractivity contribution >= 4 is 6.03 Å². The quantitative estimate of drug-likeness (QED) is 0.821. The van der Waals surface area contributed by atoms with Crippen molar-refractivity contribution in [3.05, 3.63) is 18.2 Å². The van der Waals surface area contributed by atoms with E-state index >= 15 is 0 Å². The van der Waals surface area contributed by atoms with Crippen molar-refractivity contribution in [3.8, 4) is 0 Å². The van der Waals surface area contributed by atoms with Crippen molar-refractivity contribution in [1.29, 1.82) is 0 Å². The van der Waals surface area contributed by atoms with Crippen LogP contribution in [-0.2, 0) is 0 Å². The van der Waals surface area contributed by atoms with E-state index in [9.17, 15) is 4.79 Å². The van der Waals surface area contributed by atoms with Crippen LogP contribution in [0.25, 0.3) is 0 Å². The first kappa shape index (κ1) is 12.0. The zero-order valence-electron chi connectivity index (χ0n) is 10.4. The molecule has 0 saturated carbocycles. The van der Waals surface area contributed by atoms with E-state index in [2.05, 4.69) is 15.3 Å². The number of urea groups is 1. The Bertz CT molecular complexity index is 353. The molecule has 2 amide bonds. The van der Waals surface area contributed by atoms with Crippen molar-refractivity contribution in [2.45, 2.75) is 38.6 Å². The fourth-order valence-corrected chi connectivity index (χ4v) is 2.19. The molecule has 0 atom stereocenters. The normalized spacial score (nSPS) is 17.5. The maximum atomic E-state index is 11.8. The average molecular weight is 236 g/mol. The lowest BCUT2D eigenvalue weighted by atomic mass is 9.96. The van der Waals surface area contributed by atoms with Crippen LogP contribution in [0.4, 0.5) is 4.79 Å². The fourth-order valence-electron chi connectivity index (χ4n) is 2.19. The molecule has 2 heterocycles. The van der Waals surface area contributed by atoms with Gasteiger partial charge in [0, 0.05) is 37.4 Å². The third-order valence-electron chi connectivity index (χ3n) is 3.10. The molecule has 0 spiro atoms. The van der Waals surface area contributed by atoms with Gasteiger partial charge < -0.3 is 15.2 Å². The van der Waals surface area contributed by atoms with Crippen molar-refractivity contribution in [3.63, 3.8) is 0 Å². The van der Waals surface area contributed by atoms with Gasteiger partial charge in [0.15, 0.2) is 0 Å². The Morgan fingerprint density at radius 1 is 1.53 bits per heavy atom. The summed E-state index contributed by atoms with van der Waals surface area (Å²) >= 11 is 0. The maximum Gasteiger partial charge on any atom is 0.317 e. The molecule has 94 valence electrons. The highest BCUT2D eigenvalue weighted by Crippen LogP contribution is 2.25. The number of piperidine rings is 1. The number of carbonyl (C=O) groups excluding carboxylic acids is 1. The van der Waals surface area contributed by atoms with Crippen molar-refractivity contribution in [2.24, 2.45) is 0 Å². The smallest absolute Gasteiger partial charge is 0.317 e. The third-order valence-corrected chi connectivity index (χ3v) is 3.10. The van der Waals surface area contributed by atoms with Crippen LogP contribution in [0.2, 0.25) is 0 Å². The first-order valence-electron chi connectivity index (χ1n) is 6.21. The van der Waals surface area contributed by atoms with Crippen LogP contribution in [0, 0.1) is 0 Å². The summed E-state index contributed by atoms with van der Waals surface area (Å²) < 4.78 is 0. The second kappa shape index (κ2) is 5.21. The molecular formula is C12H20N4O. The van der Waals surface area contributed by atoms with Gasteiger partial charge in [-0.25, -0.2) is 9.78 Å². The zero-order chi connectivity index (χ0) is 12.3. The number of hydrogen-bond acceptors (Lipinski definition) is 2. The molecule has 2 rings (SSSR count). The van der Waals surface area contributed by atoms with E-state index in [-0.39, 0.29) is 12.1 Å². The molecule has 17 heavy (non-hydrogen) atoms. The summed E-state index contributed by atoms with van der Waals surface area (Å²) in [6.45, 7) is 5.58. The van der Waals surface area contributed by atoms with E-state index in [1.165, 1.54) is 0 Å². The Hall–Kier alpha value is -1.52. The van der Waals surface area contributed by atoms with Gasteiger partial charge in [0.05, 0.1) is 0 Å². The standard InChI is InChI=1S/C12H20N4O/c1-9(2)15-12(17)16-7-3-10(4-8-16)11-13-5-6-14-11/h5-6,9-10H,3-4,7-8H2,1-2H3,(H,13,14)(H,15,17). The van der Waals surface area contributed by atoms with Gasteiger partial charge in [-0.05, 0) is 26.7 Å². The summed E-state index contributed by atoms with van der Waals surface area (Å²) in [6.07, 6.45) is 5.61. The molecule has 1 saturated heterocycles. The van der Waals surface area contributed by atoms with Crippen LogP contribution < -0.4 is 5.32 Å². The summed E-state index contributed by atoms with van der Waals surface area (Å²) in [5, 5.41) is 2.93. The van der Waals surface area contributed by atoms with E-state index < -0.39 is 0 Å². The second-order valence-electron chi connectivity index (χ2n) is 4.84. The van der Waals surface area contributed by atoms with Crippen LogP contribution in [0.5, 0.6) is 0 Å². The summed E-state index contributed by atoms with van der Waals surface area (Å²) in [4.78, 5) is 21.1. The molecular weight excluding hydrogens is 216 g/mol. The lowest BCUT2D eigenvalue weighted by Crippen LogP contribution is -2.46. The highest BCUT2D eigenvalue weighted by molar-refractivity contribution is 5.74. The predicted octanol–water partition coefficient (Wildman–Crippen LogP) is 1.71. The number of nitrogens with zero attached hydrogens (tertiary/aromatic N) is 2. The van der Waals surface area contributed by atoms with Crippen LogP contribution in [0.15, 0.2) is 12.4 Å². The number of hydrogen-bond donors (Lipinski definition) is 2. The first-order chi connectivity index (χ1) is 8.16. The van der Waals surface area contributed by atoms with E-state index in [1.807, 2.05) is 24.9 Å². The monoisotopic (exact) mass is 236 g/mol.